The van der Waals surface area contributed by atoms with Gasteiger partial charge in [0.25, 0.3) is 5.91 Å². The Balaban J connectivity index is 1.64. The van der Waals surface area contributed by atoms with E-state index in [0.717, 1.165) is 0 Å². The molecule has 0 saturated heterocycles. The largest absolute Gasteiger partial charge is 0.416 e. The number of aryl methyl sites for hydroxylation is 1. The number of fused-ring (bicyclic) bond motifs is 1. The molecule has 0 atom stereocenters. The Labute approximate surface area is 217 Å². The Bertz CT molecular complexity index is 1630. The topological polar surface area (TPSA) is 75.5 Å². The Hall–Kier alpha value is -4.79. The summed E-state index contributed by atoms with van der Waals surface area (Å²) in [6, 6.07) is 8.52. The van der Waals surface area contributed by atoms with Crippen molar-refractivity contribution in [3.8, 4) is 11.8 Å². The Morgan fingerprint density at radius 1 is 0.897 bits per heavy atom. The summed E-state index contributed by atoms with van der Waals surface area (Å²) in [7, 11) is 0. The lowest BCUT2D eigenvalue weighted by Crippen LogP contribution is -2.16. The summed E-state index contributed by atoms with van der Waals surface area (Å²) in [5, 5.41) is 4.78. The lowest BCUT2D eigenvalue weighted by Gasteiger charge is -2.15. The smallest absolute Gasteiger partial charge is 0.323 e. The maximum absolute atomic E-state index is 13.2. The highest BCUT2D eigenvalue weighted by atomic mass is 19.4. The van der Waals surface area contributed by atoms with Crippen LogP contribution in [0.3, 0.4) is 0 Å². The molecule has 4 rings (SSSR count). The van der Waals surface area contributed by atoms with Crippen LogP contribution in [0.2, 0.25) is 0 Å². The van der Waals surface area contributed by atoms with E-state index in [4.69, 9.17) is 0 Å². The number of hydrogen-bond donors (Lipinski definition) is 2. The van der Waals surface area contributed by atoms with Crippen LogP contribution < -0.4 is 10.6 Å². The summed E-state index contributed by atoms with van der Waals surface area (Å²) in [5.41, 5.74) is -1.29. The number of amides is 2. The zero-order valence-electron chi connectivity index (χ0n) is 20.3. The molecule has 0 bridgehead atoms. The van der Waals surface area contributed by atoms with Crippen molar-refractivity contribution in [3.63, 3.8) is 0 Å². The normalized spacial score (nSPS) is 11.6. The SMILES string of the molecule is CC(=O)Nc1cccn2c(C#Cc3cc(C(=O)Nc4cc(C(F)(F)F)cc(C(F)(F)F)c4)ccc3C)cnc12. The van der Waals surface area contributed by atoms with Crippen LogP contribution in [0.4, 0.5) is 37.7 Å². The number of carbonyl (C=O) groups excluding carboxylic acids is 2. The van der Waals surface area contributed by atoms with Crippen LogP contribution in [0, 0.1) is 18.8 Å². The number of alkyl halides is 6. The quantitative estimate of drug-likeness (QED) is 0.235. The molecule has 0 spiro atoms. The first-order chi connectivity index (χ1) is 18.2. The van der Waals surface area contributed by atoms with E-state index in [9.17, 15) is 35.9 Å². The molecule has 0 saturated carbocycles. The number of imidazole rings is 1. The highest BCUT2D eigenvalue weighted by Gasteiger charge is 2.37. The van der Waals surface area contributed by atoms with Gasteiger partial charge in [-0.2, -0.15) is 26.3 Å². The minimum Gasteiger partial charge on any atom is -0.323 e. The summed E-state index contributed by atoms with van der Waals surface area (Å²) in [5.74, 6) is 4.64. The zero-order valence-corrected chi connectivity index (χ0v) is 20.3. The number of nitrogens with zero attached hydrogens (tertiary/aromatic N) is 2. The lowest BCUT2D eigenvalue weighted by molar-refractivity contribution is -0.143. The van der Waals surface area contributed by atoms with Gasteiger partial charge in [0.1, 0.15) is 5.69 Å². The zero-order chi connectivity index (χ0) is 28.5. The van der Waals surface area contributed by atoms with Crippen molar-refractivity contribution in [2.24, 2.45) is 0 Å². The van der Waals surface area contributed by atoms with Crippen LogP contribution in [-0.2, 0) is 17.1 Å². The van der Waals surface area contributed by atoms with Crippen LogP contribution in [0.1, 0.15) is 45.2 Å². The summed E-state index contributed by atoms with van der Waals surface area (Å²) < 4.78 is 80.6. The van der Waals surface area contributed by atoms with Crippen LogP contribution in [0.5, 0.6) is 0 Å². The number of anilines is 2. The number of nitrogens with one attached hydrogen (secondary N) is 2. The third-order valence-corrected chi connectivity index (χ3v) is 5.52. The van der Waals surface area contributed by atoms with Gasteiger partial charge in [0.2, 0.25) is 5.91 Å². The fraction of sp³-hybridized carbons (Fsp3) is 0.148. The molecular weight excluding hydrogens is 526 g/mol. The molecule has 2 amide bonds. The molecule has 12 heteroatoms. The van der Waals surface area contributed by atoms with Gasteiger partial charge in [0.15, 0.2) is 5.65 Å². The van der Waals surface area contributed by atoms with Crippen LogP contribution in [0.25, 0.3) is 5.65 Å². The molecule has 6 nitrogen and oxygen atoms in total. The van der Waals surface area contributed by atoms with Gasteiger partial charge < -0.3 is 10.6 Å². The number of pyridine rings is 1. The van der Waals surface area contributed by atoms with E-state index in [0.29, 0.717) is 40.3 Å². The van der Waals surface area contributed by atoms with Gasteiger partial charge >= 0.3 is 12.4 Å². The number of hydrogen-bond acceptors (Lipinski definition) is 3. The average molecular weight is 544 g/mol. The molecular formula is C27H18F6N4O2. The van der Waals surface area contributed by atoms with E-state index in [-0.39, 0.29) is 17.5 Å². The minimum atomic E-state index is -5.05. The standard InChI is InChI=1S/C27H18F6N4O2/c1-15-5-6-18(25(39)36-21-12-19(26(28,29)30)11-20(13-21)27(31,32)33)10-17(15)7-8-22-14-34-24-23(35-16(2)38)4-3-9-37(22)24/h3-6,9-14H,1-2H3,(H,35,38)(H,36,39). The van der Waals surface area contributed by atoms with Gasteiger partial charge in [-0.3, -0.25) is 14.0 Å². The highest BCUT2D eigenvalue weighted by molar-refractivity contribution is 6.04. The third kappa shape index (κ3) is 6.20. The second-order valence-corrected chi connectivity index (χ2v) is 8.47. The van der Waals surface area contributed by atoms with E-state index >= 15 is 0 Å². The van der Waals surface area contributed by atoms with Gasteiger partial charge in [0.05, 0.1) is 23.0 Å². The summed E-state index contributed by atoms with van der Waals surface area (Å²) in [6.07, 6.45) is -6.91. The first kappa shape index (κ1) is 27.3. The van der Waals surface area contributed by atoms with Gasteiger partial charge in [0, 0.05) is 29.9 Å². The fourth-order valence-corrected chi connectivity index (χ4v) is 3.65. The predicted molar refractivity (Wildman–Crippen MR) is 131 cm³/mol. The number of aromatic nitrogens is 2. The van der Waals surface area contributed by atoms with Crippen molar-refractivity contribution in [2.75, 3.05) is 10.6 Å². The number of rotatable bonds is 3. The lowest BCUT2D eigenvalue weighted by atomic mass is 10.0. The van der Waals surface area contributed by atoms with Crippen molar-refractivity contribution in [1.82, 2.24) is 9.38 Å². The molecule has 0 radical (unpaired) electrons. The van der Waals surface area contributed by atoms with Gasteiger partial charge in [-0.15, -0.1) is 0 Å². The third-order valence-electron chi connectivity index (χ3n) is 5.52. The van der Waals surface area contributed by atoms with E-state index in [1.165, 1.54) is 25.3 Å². The molecule has 2 heterocycles. The molecule has 39 heavy (non-hydrogen) atoms. The Morgan fingerprint density at radius 3 is 2.18 bits per heavy atom. The number of carbonyl (C=O) groups is 2. The molecule has 0 fully saturated rings. The molecule has 2 aromatic carbocycles. The number of benzene rings is 2. The van der Waals surface area contributed by atoms with E-state index in [2.05, 4.69) is 27.5 Å². The van der Waals surface area contributed by atoms with Crippen LogP contribution in [0.15, 0.2) is 60.9 Å². The molecule has 0 aliphatic heterocycles. The summed E-state index contributed by atoms with van der Waals surface area (Å²) in [4.78, 5) is 28.5. The van der Waals surface area contributed by atoms with Crippen molar-refractivity contribution < 1.29 is 35.9 Å². The number of halogens is 6. The fourth-order valence-electron chi connectivity index (χ4n) is 3.65. The van der Waals surface area contributed by atoms with Gasteiger partial charge in [-0.25, -0.2) is 4.98 Å². The minimum absolute atomic E-state index is 0.0193. The second kappa shape index (κ2) is 10.2. The first-order valence-corrected chi connectivity index (χ1v) is 11.2. The molecule has 0 aliphatic carbocycles. The monoisotopic (exact) mass is 544 g/mol. The van der Waals surface area contributed by atoms with Crippen molar-refractivity contribution in [1.29, 1.82) is 0 Å². The summed E-state index contributed by atoms with van der Waals surface area (Å²) in [6.45, 7) is 3.08. The van der Waals surface area contributed by atoms with Gasteiger partial charge in [-0.1, -0.05) is 12.0 Å². The maximum atomic E-state index is 13.2. The molecule has 2 aromatic heterocycles. The molecule has 200 valence electrons. The van der Waals surface area contributed by atoms with Crippen molar-refractivity contribution in [2.45, 2.75) is 26.2 Å². The molecule has 0 aliphatic rings. The van der Waals surface area contributed by atoms with Crippen LogP contribution in [-0.4, -0.2) is 21.2 Å². The van der Waals surface area contributed by atoms with Crippen LogP contribution >= 0.6 is 0 Å². The molecule has 0 unspecified atom stereocenters. The Morgan fingerprint density at radius 2 is 1.56 bits per heavy atom. The van der Waals surface area contributed by atoms with E-state index in [1.54, 1.807) is 35.7 Å². The molecule has 2 N–H and O–H groups in total. The second-order valence-electron chi connectivity index (χ2n) is 8.47. The maximum Gasteiger partial charge on any atom is 0.416 e. The van der Waals surface area contributed by atoms with Crippen molar-refractivity contribution in [3.05, 3.63) is 94.4 Å². The molecule has 4 aromatic rings. The highest BCUT2D eigenvalue weighted by Crippen LogP contribution is 2.37. The van der Waals surface area contributed by atoms with E-state index in [1.807, 2.05) is 0 Å². The Kier molecular flexibility index (Phi) is 7.10. The first-order valence-electron chi connectivity index (χ1n) is 11.2. The van der Waals surface area contributed by atoms with Gasteiger partial charge in [-0.05, 0) is 60.9 Å². The summed E-state index contributed by atoms with van der Waals surface area (Å²) >= 11 is 0. The average Bonchev–Trinajstić information content (AvgIpc) is 3.26. The van der Waals surface area contributed by atoms with E-state index < -0.39 is 35.1 Å². The predicted octanol–water partition coefficient (Wildman–Crippen LogP) is 6.29. The van der Waals surface area contributed by atoms with Crippen molar-refractivity contribution >= 4 is 28.8 Å².